The summed E-state index contributed by atoms with van der Waals surface area (Å²) in [4.78, 5) is 16.8. The molecule has 0 aliphatic carbocycles. The van der Waals surface area contributed by atoms with Crippen LogP contribution in [-0.2, 0) is 5.41 Å². The molecule has 0 saturated carbocycles. The fraction of sp³-hybridized carbons (Fsp3) is 0.333. The first kappa shape index (κ1) is 10.7. The highest BCUT2D eigenvalue weighted by molar-refractivity contribution is 5.41. The number of hydrogen-bond acceptors (Lipinski definition) is 4. The Labute approximate surface area is 94.8 Å². The van der Waals surface area contributed by atoms with Crippen LogP contribution in [0.4, 0.5) is 0 Å². The normalized spacial score (nSPS) is 11.4. The lowest BCUT2D eigenvalue weighted by atomic mass is 9.89. The number of aromatic nitrogens is 4. The highest BCUT2D eigenvalue weighted by atomic mass is 15.0. The molecule has 0 bridgehead atoms. The van der Waals surface area contributed by atoms with Gasteiger partial charge in [-0.05, 0) is 17.0 Å². The molecule has 0 amide bonds. The maximum Gasteiger partial charge on any atom is 0.197 e. The van der Waals surface area contributed by atoms with Gasteiger partial charge in [0.15, 0.2) is 11.6 Å². The van der Waals surface area contributed by atoms with Crippen LogP contribution in [0.25, 0.3) is 11.6 Å². The van der Waals surface area contributed by atoms with Crippen molar-refractivity contribution in [1.29, 1.82) is 0 Å². The molecule has 2 aromatic heterocycles. The van der Waals surface area contributed by atoms with E-state index in [1.165, 1.54) is 0 Å². The Bertz CT molecular complexity index is 457. The Balaban J connectivity index is 2.34. The molecule has 4 nitrogen and oxygen atoms in total. The predicted octanol–water partition coefficient (Wildman–Crippen LogP) is 2.23. The molecule has 0 saturated heterocycles. The van der Waals surface area contributed by atoms with E-state index in [0.717, 1.165) is 5.56 Å². The summed E-state index contributed by atoms with van der Waals surface area (Å²) in [6.45, 7) is 6.39. The van der Waals surface area contributed by atoms with Crippen LogP contribution in [0.1, 0.15) is 26.3 Å². The van der Waals surface area contributed by atoms with E-state index < -0.39 is 0 Å². The van der Waals surface area contributed by atoms with Gasteiger partial charge in [0.1, 0.15) is 0 Å². The number of hydrogen-bond donors (Lipinski definition) is 0. The van der Waals surface area contributed by atoms with Gasteiger partial charge in [-0.15, -0.1) is 0 Å². The Hall–Kier alpha value is -1.84. The molecule has 0 atom stereocenters. The average Bonchev–Trinajstić information content (AvgIpc) is 2.29. The first-order chi connectivity index (χ1) is 7.57. The molecule has 0 spiro atoms. The van der Waals surface area contributed by atoms with Crippen LogP contribution in [0.3, 0.4) is 0 Å². The minimum absolute atomic E-state index is 0.0656. The largest absolute Gasteiger partial charge is 0.234 e. The van der Waals surface area contributed by atoms with Crippen molar-refractivity contribution >= 4 is 0 Å². The standard InChI is InChI=1S/C12H14N4/c1-12(2,3)9-7-15-11(16-8-9)10-13-5-4-6-14-10/h4-8H,1-3H3. The Morgan fingerprint density at radius 1 is 0.812 bits per heavy atom. The third-order valence-corrected chi connectivity index (χ3v) is 2.28. The molecule has 0 fully saturated rings. The van der Waals surface area contributed by atoms with Crippen molar-refractivity contribution in [3.63, 3.8) is 0 Å². The second kappa shape index (κ2) is 3.96. The highest BCUT2D eigenvalue weighted by Gasteiger charge is 2.15. The molecule has 0 radical (unpaired) electrons. The van der Waals surface area contributed by atoms with Crippen molar-refractivity contribution in [1.82, 2.24) is 19.9 Å². The SMILES string of the molecule is CC(C)(C)c1cnc(-c2ncccn2)nc1. The van der Waals surface area contributed by atoms with E-state index in [1.807, 2.05) is 12.4 Å². The smallest absolute Gasteiger partial charge is 0.197 e. The number of rotatable bonds is 1. The van der Waals surface area contributed by atoms with Gasteiger partial charge in [-0.25, -0.2) is 19.9 Å². The molecule has 0 unspecified atom stereocenters. The summed E-state index contributed by atoms with van der Waals surface area (Å²) in [5.41, 5.74) is 1.17. The van der Waals surface area contributed by atoms with Crippen LogP contribution >= 0.6 is 0 Å². The number of nitrogens with zero attached hydrogens (tertiary/aromatic N) is 4. The molecule has 4 heteroatoms. The van der Waals surface area contributed by atoms with E-state index in [9.17, 15) is 0 Å². The maximum atomic E-state index is 4.28. The van der Waals surface area contributed by atoms with Crippen molar-refractivity contribution in [3.8, 4) is 11.6 Å². The second-order valence-corrected chi connectivity index (χ2v) is 4.62. The molecule has 2 heterocycles. The predicted molar refractivity (Wildman–Crippen MR) is 61.8 cm³/mol. The van der Waals surface area contributed by atoms with Gasteiger partial charge >= 0.3 is 0 Å². The van der Waals surface area contributed by atoms with E-state index in [2.05, 4.69) is 40.7 Å². The van der Waals surface area contributed by atoms with E-state index in [1.54, 1.807) is 18.5 Å². The van der Waals surface area contributed by atoms with Gasteiger partial charge in [0.25, 0.3) is 0 Å². The van der Waals surface area contributed by atoms with Crippen molar-refractivity contribution in [2.75, 3.05) is 0 Å². The zero-order valence-electron chi connectivity index (χ0n) is 9.68. The quantitative estimate of drug-likeness (QED) is 0.730. The minimum Gasteiger partial charge on any atom is -0.234 e. The molecular weight excluding hydrogens is 200 g/mol. The zero-order valence-corrected chi connectivity index (χ0v) is 9.68. The van der Waals surface area contributed by atoms with Gasteiger partial charge in [-0.3, -0.25) is 0 Å². The fourth-order valence-corrected chi connectivity index (χ4v) is 1.25. The summed E-state index contributed by atoms with van der Waals surface area (Å²) in [6, 6.07) is 1.77. The van der Waals surface area contributed by atoms with Gasteiger partial charge in [-0.2, -0.15) is 0 Å². The lowest BCUT2D eigenvalue weighted by molar-refractivity contribution is 0.584. The lowest BCUT2D eigenvalue weighted by Crippen LogP contribution is -2.12. The van der Waals surface area contributed by atoms with E-state index in [-0.39, 0.29) is 5.41 Å². The van der Waals surface area contributed by atoms with E-state index in [0.29, 0.717) is 11.6 Å². The van der Waals surface area contributed by atoms with Crippen LogP contribution < -0.4 is 0 Å². The molecule has 2 rings (SSSR count). The van der Waals surface area contributed by atoms with Gasteiger partial charge in [0, 0.05) is 24.8 Å². The van der Waals surface area contributed by atoms with Crippen LogP contribution in [0.2, 0.25) is 0 Å². The second-order valence-electron chi connectivity index (χ2n) is 4.62. The van der Waals surface area contributed by atoms with Crippen molar-refractivity contribution in [2.24, 2.45) is 0 Å². The molecule has 0 N–H and O–H groups in total. The van der Waals surface area contributed by atoms with Gasteiger partial charge in [0.2, 0.25) is 0 Å². The Morgan fingerprint density at radius 2 is 1.31 bits per heavy atom. The molecule has 0 aliphatic rings. The lowest BCUT2D eigenvalue weighted by Gasteiger charge is -2.17. The third kappa shape index (κ3) is 2.21. The Kier molecular flexibility index (Phi) is 2.64. The third-order valence-electron chi connectivity index (χ3n) is 2.28. The van der Waals surface area contributed by atoms with Crippen LogP contribution in [0.5, 0.6) is 0 Å². The monoisotopic (exact) mass is 214 g/mol. The van der Waals surface area contributed by atoms with Crippen molar-refractivity contribution in [3.05, 3.63) is 36.4 Å². The Morgan fingerprint density at radius 3 is 1.81 bits per heavy atom. The molecule has 0 aromatic carbocycles. The average molecular weight is 214 g/mol. The first-order valence-corrected chi connectivity index (χ1v) is 5.17. The summed E-state index contributed by atoms with van der Waals surface area (Å²) >= 11 is 0. The van der Waals surface area contributed by atoms with Gasteiger partial charge in [0.05, 0.1) is 0 Å². The summed E-state index contributed by atoms with van der Waals surface area (Å²) in [7, 11) is 0. The maximum absolute atomic E-state index is 4.28. The summed E-state index contributed by atoms with van der Waals surface area (Å²) < 4.78 is 0. The topological polar surface area (TPSA) is 51.6 Å². The van der Waals surface area contributed by atoms with Crippen LogP contribution in [-0.4, -0.2) is 19.9 Å². The van der Waals surface area contributed by atoms with Crippen molar-refractivity contribution in [2.45, 2.75) is 26.2 Å². The molecule has 16 heavy (non-hydrogen) atoms. The fourth-order valence-electron chi connectivity index (χ4n) is 1.25. The van der Waals surface area contributed by atoms with Crippen LogP contribution in [0.15, 0.2) is 30.9 Å². The molecule has 2 aromatic rings. The van der Waals surface area contributed by atoms with Gasteiger partial charge in [-0.1, -0.05) is 20.8 Å². The van der Waals surface area contributed by atoms with Gasteiger partial charge < -0.3 is 0 Å². The minimum atomic E-state index is 0.0656. The highest BCUT2D eigenvalue weighted by Crippen LogP contribution is 2.21. The molecule has 0 aliphatic heterocycles. The van der Waals surface area contributed by atoms with E-state index in [4.69, 9.17) is 0 Å². The first-order valence-electron chi connectivity index (χ1n) is 5.17. The summed E-state index contributed by atoms with van der Waals surface area (Å²) in [5.74, 6) is 1.12. The van der Waals surface area contributed by atoms with Crippen LogP contribution in [0, 0.1) is 0 Å². The van der Waals surface area contributed by atoms with E-state index >= 15 is 0 Å². The summed E-state index contributed by atoms with van der Waals surface area (Å²) in [6.07, 6.45) is 7.03. The zero-order chi connectivity index (χ0) is 11.6. The summed E-state index contributed by atoms with van der Waals surface area (Å²) in [5, 5.41) is 0. The van der Waals surface area contributed by atoms with Crippen molar-refractivity contribution < 1.29 is 0 Å². The molecule has 82 valence electrons. The molecular formula is C12H14N4.